The second-order valence-corrected chi connectivity index (χ2v) is 5.20. The van der Waals surface area contributed by atoms with Crippen molar-refractivity contribution < 1.29 is 18.3 Å². The van der Waals surface area contributed by atoms with Crippen molar-refractivity contribution in [1.82, 2.24) is 0 Å². The Labute approximate surface area is 117 Å². The van der Waals surface area contributed by atoms with Crippen LogP contribution in [0.25, 0.3) is 0 Å². The first-order valence-electron chi connectivity index (χ1n) is 6.69. The van der Waals surface area contributed by atoms with E-state index >= 15 is 0 Å². The Hall–Kier alpha value is -1.43. The largest absolute Gasteiger partial charge is 0.352 e. The number of hydrogen-bond donors (Lipinski definition) is 0. The molecule has 0 aromatic heterocycles. The number of rotatable bonds is 2. The van der Waals surface area contributed by atoms with Crippen molar-refractivity contribution in [3.63, 3.8) is 0 Å². The molecule has 2 fully saturated rings. The first kappa shape index (κ1) is 15.0. The van der Waals surface area contributed by atoms with E-state index in [2.05, 4.69) is 18.4 Å². The fourth-order valence-corrected chi connectivity index (χ4v) is 2.65. The molecule has 1 heterocycles. The van der Waals surface area contributed by atoms with E-state index < -0.39 is 24.6 Å². The third kappa shape index (κ3) is 3.36. The van der Waals surface area contributed by atoms with E-state index in [0.29, 0.717) is 13.2 Å². The van der Waals surface area contributed by atoms with Crippen LogP contribution in [-0.2, 0) is 9.47 Å². The van der Waals surface area contributed by atoms with E-state index in [9.17, 15) is 8.78 Å². The minimum atomic E-state index is -1.39. The number of nitrogens with zero attached hydrogens (tertiary/aromatic N) is 1. The molecule has 108 valence electrons. The maximum atomic E-state index is 14.0. The minimum Gasteiger partial charge on any atom is -0.352 e. The zero-order chi connectivity index (χ0) is 14.5. The van der Waals surface area contributed by atoms with E-state index in [0.717, 1.165) is 0 Å². The lowest BCUT2D eigenvalue weighted by molar-refractivity contribution is -0.228. The summed E-state index contributed by atoms with van der Waals surface area (Å²) in [5.74, 6) is 3.24. The summed E-state index contributed by atoms with van der Waals surface area (Å²) in [6.45, 7) is 4.60. The van der Waals surface area contributed by atoms with Crippen molar-refractivity contribution in [2.75, 3.05) is 13.2 Å². The summed E-state index contributed by atoms with van der Waals surface area (Å²) in [5.41, 5.74) is 0. The summed E-state index contributed by atoms with van der Waals surface area (Å²) >= 11 is 0. The van der Waals surface area contributed by atoms with Crippen molar-refractivity contribution in [2.45, 2.75) is 31.5 Å². The monoisotopic (exact) mass is 281 g/mol. The van der Waals surface area contributed by atoms with Gasteiger partial charge in [0.1, 0.15) is 12.3 Å². The Morgan fingerprint density at radius 2 is 1.75 bits per heavy atom. The van der Waals surface area contributed by atoms with Gasteiger partial charge in [0.15, 0.2) is 12.4 Å². The van der Waals surface area contributed by atoms with Gasteiger partial charge in [-0.3, -0.25) is 0 Å². The van der Waals surface area contributed by atoms with Crippen LogP contribution in [-0.4, -0.2) is 31.8 Å². The quantitative estimate of drug-likeness (QED) is 0.576. The Morgan fingerprint density at radius 1 is 1.15 bits per heavy atom. The van der Waals surface area contributed by atoms with Crippen LogP contribution in [0.3, 0.4) is 0 Å². The van der Waals surface area contributed by atoms with Crippen LogP contribution in [0, 0.1) is 40.9 Å². The van der Waals surface area contributed by atoms with E-state index in [1.165, 1.54) is 0 Å². The Morgan fingerprint density at radius 3 is 2.25 bits per heavy atom. The van der Waals surface area contributed by atoms with Gasteiger partial charge in [0.05, 0.1) is 19.1 Å². The molecule has 0 bridgehead atoms. The van der Waals surface area contributed by atoms with Gasteiger partial charge in [-0.15, -0.1) is 6.58 Å². The van der Waals surface area contributed by atoms with Crippen LogP contribution in [0.4, 0.5) is 8.78 Å². The molecule has 1 aliphatic carbocycles. The molecule has 0 aromatic carbocycles. The summed E-state index contributed by atoms with van der Waals surface area (Å²) < 4.78 is 39.0. The van der Waals surface area contributed by atoms with Crippen LogP contribution >= 0.6 is 0 Å². The molecular formula is C15H17F2NO2. The van der Waals surface area contributed by atoms with Gasteiger partial charge in [0.25, 0.3) is 0 Å². The van der Waals surface area contributed by atoms with Crippen molar-refractivity contribution in [3.8, 4) is 17.9 Å². The summed E-state index contributed by atoms with van der Waals surface area (Å²) in [4.78, 5) is 0. The highest BCUT2D eigenvalue weighted by Crippen LogP contribution is 2.37. The highest BCUT2D eigenvalue weighted by molar-refractivity contribution is 5.21. The molecule has 2 aliphatic rings. The molecule has 3 nitrogen and oxygen atoms in total. The predicted octanol–water partition coefficient (Wildman–Crippen LogP) is 2.39. The number of ether oxygens (including phenoxy) is 2. The second kappa shape index (κ2) is 6.83. The summed E-state index contributed by atoms with van der Waals surface area (Å²) in [7, 11) is 0. The van der Waals surface area contributed by atoms with Gasteiger partial charge in [-0.05, 0) is 12.8 Å². The lowest BCUT2D eigenvalue weighted by Crippen LogP contribution is -2.43. The van der Waals surface area contributed by atoms with Gasteiger partial charge in [0, 0.05) is 17.8 Å². The van der Waals surface area contributed by atoms with Gasteiger partial charge in [-0.25, -0.2) is 8.78 Å². The second-order valence-electron chi connectivity index (χ2n) is 5.20. The van der Waals surface area contributed by atoms with E-state index in [1.807, 2.05) is 0 Å². The molecule has 0 N–H and O–H groups in total. The van der Waals surface area contributed by atoms with Crippen LogP contribution in [0.5, 0.6) is 0 Å². The Balaban J connectivity index is 1.94. The van der Waals surface area contributed by atoms with Crippen LogP contribution < -0.4 is 0 Å². The van der Waals surface area contributed by atoms with Crippen molar-refractivity contribution in [2.24, 2.45) is 17.8 Å². The molecule has 2 atom stereocenters. The SMILES string of the molecule is C=CC1COC(C2CC(F)C(C#CC#N)C(F)C2)OC1. The molecule has 0 aromatic rings. The third-order valence-electron chi connectivity index (χ3n) is 3.80. The molecule has 2 rings (SSSR count). The molecule has 0 radical (unpaired) electrons. The van der Waals surface area contributed by atoms with Gasteiger partial charge >= 0.3 is 0 Å². The summed E-state index contributed by atoms with van der Waals surface area (Å²) in [6.07, 6.45) is -1.31. The maximum Gasteiger partial charge on any atom is 0.160 e. The van der Waals surface area contributed by atoms with E-state index in [1.54, 1.807) is 12.1 Å². The average molecular weight is 281 g/mol. The van der Waals surface area contributed by atoms with Crippen LogP contribution in [0.2, 0.25) is 0 Å². The Kier molecular flexibility index (Phi) is 5.11. The van der Waals surface area contributed by atoms with Gasteiger partial charge < -0.3 is 9.47 Å². The lowest BCUT2D eigenvalue weighted by Gasteiger charge is -2.38. The highest BCUT2D eigenvalue weighted by atomic mass is 19.1. The molecular weight excluding hydrogens is 264 g/mol. The van der Waals surface area contributed by atoms with Crippen molar-refractivity contribution in [1.29, 1.82) is 5.26 Å². The lowest BCUT2D eigenvalue weighted by atomic mass is 9.79. The van der Waals surface area contributed by atoms with Crippen LogP contribution in [0.1, 0.15) is 12.8 Å². The Bertz CT molecular complexity index is 431. The van der Waals surface area contributed by atoms with Crippen molar-refractivity contribution in [3.05, 3.63) is 12.7 Å². The van der Waals surface area contributed by atoms with Gasteiger partial charge in [-0.2, -0.15) is 5.26 Å². The fraction of sp³-hybridized carbons (Fsp3) is 0.667. The number of halogens is 2. The fourth-order valence-electron chi connectivity index (χ4n) is 2.65. The first-order valence-corrected chi connectivity index (χ1v) is 6.69. The first-order chi connectivity index (χ1) is 9.65. The maximum absolute atomic E-state index is 14.0. The van der Waals surface area contributed by atoms with E-state index in [-0.39, 0.29) is 24.7 Å². The summed E-state index contributed by atoms with van der Waals surface area (Å²) in [6, 6.07) is 1.59. The molecule has 0 amide bonds. The minimum absolute atomic E-state index is 0.131. The highest BCUT2D eigenvalue weighted by Gasteiger charge is 2.42. The predicted molar refractivity (Wildman–Crippen MR) is 68.8 cm³/mol. The smallest absolute Gasteiger partial charge is 0.160 e. The number of alkyl halides is 2. The average Bonchev–Trinajstić information content (AvgIpc) is 2.46. The molecule has 1 aliphatic heterocycles. The van der Waals surface area contributed by atoms with E-state index in [4.69, 9.17) is 14.7 Å². The van der Waals surface area contributed by atoms with Crippen LogP contribution in [0.15, 0.2) is 12.7 Å². The molecule has 2 unspecified atom stereocenters. The number of nitriles is 1. The zero-order valence-electron chi connectivity index (χ0n) is 11.1. The molecule has 1 saturated carbocycles. The van der Waals surface area contributed by atoms with Gasteiger partial charge in [0.2, 0.25) is 0 Å². The topological polar surface area (TPSA) is 42.2 Å². The molecule has 1 saturated heterocycles. The molecule has 5 heteroatoms. The standard InChI is InChI=1S/C15H17F2NO2/c1-2-10-8-19-15(20-9-10)11-6-13(16)12(4-3-5-18)14(17)7-11/h2,10-15H,1,6-9H2. The molecule has 20 heavy (non-hydrogen) atoms. The normalized spacial score (nSPS) is 41.0. The molecule has 0 spiro atoms. The summed E-state index contributed by atoms with van der Waals surface area (Å²) in [5, 5.41) is 8.36. The zero-order valence-corrected chi connectivity index (χ0v) is 11.1. The van der Waals surface area contributed by atoms with Gasteiger partial charge in [-0.1, -0.05) is 12.0 Å². The number of hydrogen-bond acceptors (Lipinski definition) is 3. The third-order valence-corrected chi connectivity index (χ3v) is 3.80. The van der Waals surface area contributed by atoms with Crippen molar-refractivity contribution >= 4 is 0 Å².